The summed E-state index contributed by atoms with van der Waals surface area (Å²) in [5.41, 5.74) is 1.86. The molecule has 0 amide bonds. The first-order valence-corrected chi connectivity index (χ1v) is 8.27. The van der Waals surface area contributed by atoms with Crippen molar-refractivity contribution in [3.8, 4) is 5.75 Å². The molecular weight excluding hydrogens is 318 g/mol. The second-order valence-electron chi connectivity index (χ2n) is 5.08. The second kappa shape index (κ2) is 5.47. The van der Waals surface area contributed by atoms with Crippen LogP contribution in [0.25, 0.3) is 11.0 Å². The molecule has 0 aliphatic carbocycles. The number of aromatic amines is 2. The van der Waals surface area contributed by atoms with Crippen molar-refractivity contribution in [3.63, 3.8) is 0 Å². The SMILES string of the molecule is COc1ccc(NS(=O)(=O)c2ccc3[nH]c(=O)[nH]c3c2)cc1C. The van der Waals surface area contributed by atoms with Gasteiger partial charge in [0.15, 0.2) is 0 Å². The third kappa shape index (κ3) is 2.93. The van der Waals surface area contributed by atoms with E-state index in [1.165, 1.54) is 12.1 Å². The van der Waals surface area contributed by atoms with E-state index in [0.29, 0.717) is 22.5 Å². The van der Waals surface area contributed by atoms with E-state index in [2.05, 4.69) is 14.7 Å². The minimum atomic E-state index is -3.76. The maximum absolute atomic E-state index is 12.5. The van der Waals surface area contributed by atoms with Gasteiger partial charge in [-0.2, -0.15) is 0 Å². The fraction of sp³-hybridized carbons (Fsp3) is 0.133. The smallest absolute Gasteiger partial charge is 0.323 e. The van der Waals surface area contributed by atoms with Crippen LogP contribution in [0.1, 0.15) is 5.56 Å². The van der Waals surface area contributed by atoms with Gasteiger partial charge in [-0.25, -0.2) is 13.2 Å². The first-order chi connectivity index (χ1) is 10.9. The number of ether oxygens (including phenoxy) is 1. The molecule has 8 heteroatoms. The van der Waals surface area contributed by atoms with Crippen LogP contribution in [0.5, 0.6) is 5.75 Å². The molecular formula is C15H15N3O4S. The minimum Gasteiger partial charge on any atom is -0.496 e. The molecule has 0 bridgehead atoms. The van der Waals surface area contributed by atoms with Gasteiger partial charge in [0.1, 0.15) is 5.75 Å². The molecule has 0 unspecified atom stereocenters. The Kier molecular flexibility index (Phi) is 3.61. The van der Waals surface area contributed by atoms with Crippen molar-refractivity contribution < 1.29 is 13.2 Å². The number of benzene rings is 2. The fourth-order valence-electron chi connectivity index (χ4n) is 2.33. The summed E-state index contributed by atoms with van der Waals surface area (Å²) in [6.07, 6.45) is 0. The maximum atomic E-state index is 12.5. The number of imidazole rings is 1. The first-order valence-electron chi connectivity index (χ1n) is 6.78. The Morgan fingerprint density at radius 2 is 1.78 bits per heavy atom. The lowest BCUT2D eigenvalue weighted by Crippen LogP contribution is -2.13. The summed E-state index contributed by atoms with van der Waals surface area (Å²) >= 11 is 0. The van der Waals surface area contributed by atoms with Crippen molar-refractivity contribution in [1.82, 2.24) is 9.97 Å². The van der Waals surface area contributed by atoms with Crippen LogP contribution in [0.2, 0.25) is 0 Å². The molecule has 0 radical (unpaired) electrons. The lowest BCUT2D eigenvalue weighted by Gasteiger charge is -2.10. The predicted octanol–water partition coefficient (Wildman–Crippen LogP) is 1.97. The van der Waals surface area contributed by atoms with Crippen molar-refractivity contribution in [2.75, 3.05) is 11.8 Å². The minimum absolute atomic E-state index is 0.0636. The molecule has 3 aromatic rings. The standard InChI is InChI=1S/C15H15N3O4S/c1-9-7-10(3-6-14(9)22-2)18-23(20,21)11-4-5-12-13(8-11)17-15(19)16-12/h3-8,18H,1-2H3,(H2,16,17,19). The lowest BCUT2D eigenvalue weighted by atomic mass is 10.2. The van der Waals surface area contributed by atoms with Crippen LogP contribution >= 0.6 is 0 Å². The maximum Gasteiger partial charge on any atom is 0.323 e. The average Bonchev–Trinajstić information content (AvgIpc) is 2.86. The summed E-state index contributed by atoms with van der Waals surface area (Å²) in [6, 6.07) is 9.39. The highest BCUT2D eigenvalue weighted by molar-refractivity contribution is 7.92. The number of aryl methyl sites for hydroxylation is 1. The van der Waals surface area contributed by atoms with E-state index in [1.807, 2.05) is 6.92 Å². The number of fused-ring (bicyclic) bond motifs is 1. The molecule has 3 rings (SSSR count). The van der Waals surface area contributed by atoms with E-state index >= 15 is 0 Å². The summed E-state index contributed by atoms with van der Waals surface area (Å²) in [5, 5.41) is 0. The van der Waals surface area contributed by atoms with E-state index < -0.39 is 10.0 Å². The van der Waals surface area contributed by atoms with Gasteiger partial charge >= 0.3 is 5.69 Å². The number of rotatable bonds is 4. The summed E-state index contributed by atoms with van der Waals surface area (Å²) in [7, 11) is -2.20. The Labute approximate surface area is 132 Å². The third-order valence-corrected chi connectivity index (χ3v) is 4.82. The normalized spacial score (nSPS) is 11.6. The van der Waals surface area contributed by atoms with Gasteiger partial charge < -0.3 is 14.7 Å². The molecule has 0 aliphatic heterocycles. The van der Waals surface area contributed by atoms with Crippen molar-refractivity contribution in [2.24, 2.45) is 0 Å². The Morgan fingerprint density at radius 3 is 2.48 bits per heavy atom. The Bertz CT molecular complexity index is 1030. The molecule has 7 nitrogen and oxygen atoms in total. The average molecular weight is 333 g/mol. The van der Waals surface area contributed by atoms with Gasteiger partial charge in [0.05, 0.1) is 23.0 Å². The molecule has 0 spiro atoms. The summed E-state index contributed by atoms with van der Waals surface area (Å²) in [4.78, 5) is 16.4. The molecule has 3 N–H and O–H groups in total. The van der Waals surface area contributed by atoms with Crippen LogP contribution < -0.4 is 15.1 Å². The molecule has 1 aromatic heterocycles. The van der Waals surface area contributed by atoms with Gasteiger partial charge in [0.2, 0.25) is 0 Å². The predicted molar refractivity (Wildman–Crippen MR) is 87.5 cm³/mol. The molecule has 0 saturated heterocycles. The highest BCUT2D eigenvalue weighted by atomic mass is 32.2. The molecule has 120 valence electrons. The van der Waals surface area contributed by atoms with Crippen LogP contribution in [0.15, 0.2) is 46.1 Å². The number of H-pyrrole nitrogens is 2. The molecule has 2 aromatic carbocycles. The number of hydrogen-bond donors (Lipinski definition) is 3. The zero-order chi connectivity index (χ0) is 16.6. The number of nitrogens with one attached hydrogen (secondary N) is 3. The van der Waals surface area contributed by atoms with E-state index in [4.69, 9.17) is 4.74 Å². The van der Waals surface area contributed by atoms with E-state index in [9.17, 15) is 13.2 Å². The zero-order valence-corrected chi connectivity index (χ0v) is 13.3. The third-order valence-electron chi connectivity index (χ3n) is 3.44. The highest BCUT2D eigenvalue weighted by Gasteiger charge is 2.16. The summed E-state index contributed by atoms with van der Waals surface area (Å²) in [6.45, 7) is 1.83. The highest BCUT2D eigenvalue weighted by Crippen LogP contribution is 2.24. The Hall–Kier alpha value is -2.74. The first kappa shape index (κ1) is 15.2. The number of anilines is 1. The van der Waals surface area contributed by atoms with E-state index in [-0.39, 0.29) is 10.6 Å². The second-order valence-corrected chi connectivity index (χ2v) is 6.76. The molecule has 0 aliphatic rings. The van der Waals surface area contributed by atoms with Crippen molar-refractivity contribution in [2.45, 2.75) is 11.8 Å². The number of methoxy groups -OCH3 is 1. The van der Waals surface area contributed by atoms with Gasteiger partial charge in [-0.3, -0.25) is 4.72 Å². The van der Waals surface area contributed by atoms with Gasteiger partial charge in [0, 0.05) is 5.69 Å². The number of hydrogen-bond acceptors (Lipinski definition) is 4. The Morgan fingerprint density at radius 1 is 1.04 bits per heavy atom. The molecule has 23 heavy (non-hydrogen) atoms. The molecule has 0 fully saturated rings. The fourth-order valence-corrected chi connectivity index (χ4v) is 3.41. The molecule has 0 saturated carbocycles. The van der Waals surface area contributed by atoms with Gasteiger partial charge in [-0.15, -0.1) is 0 Å². The summed E-state index contributed by atoms with van der Waals surface area (Å²) < 4.78 is 32.6. The van der Waals surface area contributed by atoms with Crippen LogP contribution in [0, 0.1) is 6.92 Å². The Balaban J connectivity index is 1.96. The quantitative estimate of drug-likeness (QED) is 0.679. The topological polar surface area (TPSA) is 104 Å². The molecule has 1 heterocycles. The van der Waals surface area contributed by atoms with E-state index in [1.54, 1.807) is 31.4 Å². The number of sulfonamides is 1. The summed E-state index contributed by atoms with van der Waals surface area (Å²) in [5.74, 6) is 0.680. The van der Waals surface area contributed by atoms with Gasteiger partial charge in [0.25, 0.3) is 10.0 Å². The van der Waals surface area contributed by atoms with Crippen molar-refractivity contribution >= 4 is 26.7 Å². The van der Waals surface area contributed by atoms with Crippen molar-refractivity contribution in [1.29, 1.82) is 0 Å². The van der Waals surface area contributed by atoms with Crippen LogP contribution in [-0.4, -0.2) is 25.5 Å². The van der Waals surface area contributed by atoms with Crippen LogP contribution in [0.3, 0.4) is 0 Å². The van der Waals surface area contributed by atoms with Crippen LogP contribution in [0.4, 0.5) is 5.69 Å². The largest absolute Gasteiger partial charge is 0.496 e. The van der Waals surface area contributed by atoms with Gasteiger partial charge in [-0.05, 0) is 48.9 Å². The number of aromatic nitrogens is 2. The van der Waals surface area contributed by atoms with Gasteiger partial charge in [-0.1, -0.05) is 0 Å². The van der Waals surface area contributed by atoms with E-state index in [0.717, 1.165) is 5.56 Å². The van der Waals surface area contributed by atoms with Crippen LogP contribution in [-0.2, 0) is 10.0 Å². The van der Waals surface area contributed by atoms with Crippen molar-refractivity contribution in [3.05, 3.63) is 52.4 Å². The monoisotopic (exact) mass is 333 g/mol. The molecule has 0 atom stereocenters. The zero-order valence-electron chi connectivity index (χ0n) is 12.5. The lowest BCUT2D eigenvalue weighted by molar-refractivity contribution is 0.412.